The van der Waals surface area contributed by atoms with Gasteiger partial charge in [0, 0.05) is 0 Å². The van der Waals surface area contributed by atoms with Crippen molar-refractivity contribution in [2.75, 3.05) is 0 Å². The lowest BCUT2D eigenvalue weighted by Crippen LogP contribution is -1.68. The molecule has 1 heterocycles. The molecular weight excluding hydrogens is 229 g/mol. The van der Waals surface area contributed by atoms with E-state index in [1.54, 1.807) is 6.07 Å². The highest BCUT2D eigenvalue weighted by Gasteiger charge is 2.06. The third kappa shape index (κ3) is 1.04. The Morgan fingerprint density at radius 2 is 2.27 bits per heavy atom. The summed E-state index contributed by atoms with van der Waals surface area (Å²) in [7, 11) is 0. The topological polar surface area (TPSA) is 26.0 Å². The van der Waals surface area contributed by atoms with Crippen LogP contribution in [0.4, 0.5) is 0 Å². The second-order valence-corrected chi connectivity index (χ2v) is 3.22. The molecular formula is C7H3BrClNO. The van der Waals surface area contributed by atoms with Crippen molar-refractivity contribution in [3.05, 3.63) is 27.9 Å². The molecule has 0 saturated heterocycles. The largest absolute Gasteiger partial charge is 0.348 e. The zero-order valence-corrected chi connectivity index (χ0v) is 7.69. The zero-order chi connectivity index (χ0) is 7.84. The van der Waals surface area contributed by atoms with Gasteiger partial charge in [0.05, 0.1) is 10.4 Å². The number of benzene rings is 1. The van der Waals surface area contributed by atoms with Crippen LogP contribution < -0.4 is 0 Å². The Kier molecular flexibility index (Phi) is 1.62. The van der Waals surface area contributed by atoms with Crippen molar-refractivity contribution in [1.29, 1.82) is 0 Å². The lowest BCUT2D eigenvalue weighted by molar-refractivity contribution is 0.408. The van der Waals surface area contributed by atoms with Gasteiger partial charge in [-0.2, -0.15) is 0 Å². The molecule has 2 nitrogen and oxygen atoms in total. The van der Waals surface area contributed by atoms with Crippen molar-refractivity contribution in [3.63, 3.8) is 0 Å². The molecule has 0 unspecified atom stereocenters. The van der Waals surface area contributed by atoms with Crippen LogP contribution in [0.3, 0.4) is 0 Å². The summed E-state index contributed by atoms with van der Waals surface area (Å²) in [6.45, 7) is 0. The molecule has 0 aliphatic rings. The molecule has 0 radical (unpaired) electrons. The van der Waals surface area contributed by atoms with Crippen molar-refractivity contribution in [2.45, 2.75) is 0 Å². The van der Waals surface area contributed by atoms with Crippen LogP contribution in [0.15, 0.2) is 27.4 Å². The van der Waals surface area contributed by atoms with E-state index in [4.69, 9.17) is 16.1 Å². The first kappa shape index (κ1) is 7.13. The van der Waals surface area contributed by atoms with E-state index >= 15 is 0 Å². The summed E-state index contributed by atoms with van der Waals surface area (Å²) in [5.74, 6) is 0. The molecule has 0 atom stereocenters. The maximum absolute atomic E-state index is 5.83. The Labute approximate surface area is 76.2 Å². The summed E-state index contributed by atoms with van der Waals surface area (Å²) in [5.41, 5.74) is 0.695. The Morgan fingerprint density at radius 1 is 1.45 bits per heavy atom. The van der Waals surface area contributed by atoms with Gasteiger partial charge >= 0.3 is 0 Å². The van der Waals surface area contributed by atoms with E-state index in [-0.39, 0.29) is 0 Å². The third-order valence-corrected chi connectivity index (χ3v) is 2.29. The number of halogens is 2. The molecule has 0 fully saturated rings. The van der Waals surface area contributed by atoms with E-state index in [0.29, 0.717) is 15.2 Å². The van der Waals surface area contributed by atoms with Crippen LogP contribution in [0, 0.1) is 0 Å². The quantitative estimate of drug-likeness (QED) is 0.697. The molecule has 56 valence electrons. The van der Waals surface area contributed by atoms with Crippen LogP contribution in [-0.2, 0) is 0 Å². The summed E-state index contributed by atoms with van der Waals surface area (Å²) < 4.78 is 5.50. The fourth-order valence-corrected chi connectivity index (χ4v) is 1.50. The van der Waals surface area contributed by atoms with Gasteiger partial charge in [0.25, 0.3) is 0 Å². The first-order valence-electron chi connectivity index (χ1n) is 2.98. The molecule has 2 aromatic rings. The van der Waals surface area contributed by atoms with Gasteiger partial charge in [0.2, 0.25) is 4.67 Å². The number of hydrogen-bond donors (Lipinski definition) is 0. The second-order valence-electron chi connectivity index (χ2n) is 2.09. The molecule has 11 heavy (non-hydrogen) atoms. The summed E-state index contributed by atoms with van der Waals surface area (Å²) >= 11 is 9.04. The minimum atomic E-state index is 0.608. The second kappa shape index (κ2) is 2.50. The predicted molar refractivity (Wildman–Crippen MR) is 46.7 cm³/mol. The molecule has 4 heteroatoms. The van der Waals surface area contributed by atoms with E-state index in [9.17, 15) is 0 Å². The highest BCUT2D eigenvalue weighted by atomic mass is 79.9. The normalized spacial score (nSPS) is 10.7. The van der Waals surface area contributed by atoms with E-state index in [1.165, 1.54) is 0 Å². The number of rotatable bonds is 0. The van der Waals surface area contributed by atoms with Crippen LogP contribution in [-0.4, -0.2) is 5.16 Å². The Bertz CT molecular complexity index is 398. The molecule has 0 amide bonds. The Hall–Kier alpha value is -0.540. The molecule has 0 bridgehead atoms. The van der Waals surface area contributed by atoms with Crippen LogP contribution in [0.1, 0.15) is 0 Å². The fourth-order valence-electron chi connectivity index (χ4n) is 0.902. The van der Waals surface area contributed by atoms with Crippen molar-refractivity contribution >= 4 is 38.4 Å². The van der Waals surface area contributed by atoms with Crippen LogP contribution in [0.5, 0.6) is 0 Å². The van der Waals surface area contributed by atoms with Gasteiger partial charge in [-0.25, -0.2) is 0 Å². The van der Waals surface area contributed by atoms with Gasteiger partial charge in [0.1, 0.15) is 5.52 Å². The van der Waals surface area contributed by atoms with Gasteiger partial charge < -0.3 is 4.52 Å². The van der Waals surface area contributed by atoms with E-state index in [2.05, 4.69) is 21.1 Å². The number of aromatic nitrogens is 1. The summed E-state index contributed by atoms with van der Waals surface area (Å²) in [4.78, 5) is 0. The maximum Gasteiger partial charge on any atom is 0.209 e. The average Bonchev–Trinajstić information content (AvgIpc) is 2.35. The average molecular weight is 232 g/mol. The van der Waals surface area contributed by atoms with E-state index in [1.807, 2.05) is 12.1 Å². The third-order valence-electron chi connectivity index (χ3n) is 1.42. The standard InChI is InChI=1S/C7H3BrClNO/c8-7-4-2-1-3-5(9)6(4)10-11-7/h1-3H. The van der Waals surface area contributed by atoms with Crippen molar-refractivity contribution in [3.8, 4) is 0 Å². The minimum Gasteiger partial charge on any atom is -0.348 e. The van der Waals surface area contributed by atoms with Gasteiger partial charge in [-0.05, 0) is 28.1 Å². The molecule has 0 saturated carbocycles. The van der Waals surface area contributed by atoms with Gasteiger partial charge in [-0.15, -0.1) is 0 Å². The molecule has 0 aliphatic heterocycles. The van der Waals surface area contributed by atoms with Crippen molar-refractivity contribution < 1.29 is 4.52 Å². The first-order chi connectivity index (χ1) is 5.29. The van der Waals surface area contributed by atoms with E-state index < -0.39 is 0 Å². The van der Waals surface area contributed by atoms with Crippen molar-refractivity contribution in [1.82, 2.24) is 5.16 Å². The highest BCUT2D eigenvalue weighted by Crippen LogP contribution is 2.27. The first-order valence-corrected chi connectivity index (χ1v) is 4.15. The van der Waals surface area contributed by atoms with Gasteiger partial charge in [-0.3, -0.25) is 0 Å². The molecule has 0 aliphatic carbocycles. The van der Waals surface area contributed by atoms with Gasteiger partial charge in [-0.1, -0.05) is 22.8 Å². The summed E-state index contributed by atoms with van der Waals surface area (Å²) in [6, 6.07) is 5.52. The molecule has 1 aromatic heterocycles. The molecule has 1 aromatic carbocycles. The predicted octanol–water partition coefficient (Wildman–Crippen LogP) is 3.24. The Morgan fingerprint density at radius 3 is 3.00 bits per heavy atom. The van der Waals surface area contributed by atoms with Crippen LogP contribution >= 0.6 is 27.5 Å². The maximum atomic E-state index is 5.83. The molecule has 0 spiro atoms. The molecule has 2 rings (SSSR count). The molecule has 0 N–H and O–H groups in total. The lowest BCUT2D eigenvalue weighted by atomic mass is 10.3. The zero-order valence-electron chi connectivity index (χ0n) is 5.34. The fraction of sp³-hybridized carbons (Fsp3) is 0. The summed E-state index contributed by atoms with van der Waals surface area (Å²) in [6.07, 6.45) is 0. The van der Waals surface area contributed by atoms with Gasteiger partial charge in [0.15, 0.2) is 0 Å². The number of hydrogen-bond acceptors (Lipinski definition) is 2. The smallest absolute Gasteiger partial charge is 0.209 e. The lowest BCUT2D eigenvalue weighted by Gasteiger charge is -1.87. The number of fused-ring (bicyclic) bond motifs is 1. The van der Waals surface area contributed by atoms with Crippen LogP contribution in [0.25, 0.3) is 10.9 Å². The Balaban J connectivity index is 2.94. The van der Waals surface area contributed by atoms with Crippen molar-refractivity contribution in [2.24, 2.45) is 0 Å². The summed E-state index contributed by atoms with van der Waals surface area (Å²) in [5, 5.41) is 5.27. The SMILES string of the molecule is Clc1cccc2c(Br)onc12. The minimum absolute atomic E-state index is 0.608. The monoisotopic (exact) mass is 231 g/mol. The van der Waals surface area contributed by atoms with E-state index in [0.717, 1.165) is 5.39 Å². The highest BCUT2D eigenvalue weighted by molar-refractivity contribution is 9.10. The van der Waals surface area contributed by atoms with Crippen LogP contribution in [0.2, 0.25) is 5.02 Å². The number of nitrogens with zero attached hydrogens (tertiary/aromatic N) is 1.